The summed E-state index contributed by atoms with van der Waals surface area (Å²) >= 11 is 8.27. The molecule has 0 fully saturated rings. The van der Waals surface area contributed by atoms with Gasteiger partial charge in [-0.15, -0.1) is 4.72 Å². The van der Waals surface area contributed by atoms with Gasteiger partial charge in [-0.3, -0.25) is 4.79 Å². The van der Waals surface area contributed by atoms with Gasteiger partial charge in [-0.05, 0) is 67.2 Å². The number of carbonyl (C=O) groups excluding carboxylic acids is 1. The zero-order valence-corrected chi connectivity index (χ0v) is 18.9. The Labute approximate surface area is 167 Å². The maximum atomic E-state index is 12.8. The normalized spacial score (nSPS) is 17.1. The molecule has 1 N–H and O–H groups in total. The molecule has 0 aliphatic rings. The summed E-state index contributed by atoms with van der Waals surface area (Å²) in [6.45, 7) is 11.4. The molecule has 0 bridgehead atoms. The molecule has 1 aromatic carbocycles. The minimum Gasteiger partial charge on any atom is -0.598 e. The number of methoxy groups -OCH3 is 1. The van der Waals surface area contributed by atoms with Gasteiger partial charge in [0.15, 0.2) is 0 Å². The molecule has 0 aliphatic carbocycles. The third kappa shape index (κ3) is 5.36. The number of ether oxygens (including phenoxy) is 1. The van der Waals surface area contributed by atoms with Crippen LogP contribution >= 0.6 is 27.5 Å². The van der Waals surface area contributed by atoms with Gasteiger partial charge in [-0.2, -0.15) is 0 Å². The van der Waals surface area contributed by atoms with Crippen LogP contribution in [0.3, 0.4) is 0 Å². The van der Waals surface area contributed by atoms with Gasteiger partial charge in [0.25, 0.3) is 0 Å². The second-order valence-corrected chi connectivity index (χ2v) is 10.8. The first-order chi connectivity index (χ1) is 11.3. The molecule has 0 saturated carbocycles. The second kappa shape index (κ2) is 8.61. The van der Waals surface area contributed by atoms with E-state index in [9.17, 15) is 9.35 Å². The fourth-order valence-corrected chi connectivity index (χ4v) is 4.13. The lowest BCUT2D eigenvalue weighted by molar-refractivity contribution is -0.150. The van der Waals surface area contributed by atoms with Crippen LogP contribution in [0, 0.1) is 11.8 Å². The number of esters is 1. The van der Waals surface area contributed by atoms with E-state index in [1.807, 2.05) is 53.7 Å². The standard InChI is InChI=1S/C18H27BrClNO3S/c1-11(2)15(16(22)24-7)18(6,21-25(23)17(3,4)5)12-8-9-13(19)14(20)10-12/h8-11,15,21H,1-7H3/t15?,18-,25-/m0/s1. The molecule has 0 saturated heterocycles. The fourth-order valence-electron chi connectivity index (χ4n) is 2.77. The summed E-state index contributed by atoms with van der Waals surface area (Å²) in [5, 5.41) is 0.527. The monoisotopic (exact) mass is 451 g/mol. The fraction of sp³-hybridized carbons (Fsp3) is 0.611. The lowest BCUT2D eigenvalue weighted by Crippen LogP contribution is -2.56. The number of halogens is 2. The molecule has 1 unspecified atom stereocenters. The number of benzene rings is 1. The van der Waals surface area contributed by atoms with Gasteiger partial charge in [-0.1, -0.05) is 31.5 Å². The largest absolute Gasteiger partial charge is 0.598 e. The molecule has 0 radical (unpaired) electrons. The zero-order valence-electron chi connectivity index (χ0n) is 15.8. The van der Waals surface area contributed by atoms with Crippen LogP contribution in [0.1, 0.15) is 47.1 Å². The average molecular weight is 453 g/mol. The van der Waals surface area contributed by atoms with E-state index >= 15 is 0 Å². The van der Waals surface area contributed by atoms with Crippen molar-refractivity contribution < 1.29 is 14.1 Å². The highest BCUT2D eigenvalue weighted by atomic mass is 79.9. The van der Waals surface area contributed by atoms with Gasteiger partial charge < -0.3 is 9.29 Å². The number of nitrogens with one attached hydrogen (secondary N) is 1. The molecule has 0 heterocycles. The van der Waals surface area contributed by atoms with Crippen LogP contribution in [0.2, 0.25) is 5.02 Å². The smallest absolute Gasteiger partial charge is 0.311 e. The van der Waals surface area contributed by atoms with Crippen LogP contribution in [0.15, 0.2) is 22.7 Å². The number of hydrogen-bond donors (Lipinski definition) is 1. The molecule has 0 aromatic heterocycles. The average Bonchev–Trinajstić information content (AvgIpc) is 2.48. The van der Waals surface area contributed by atoms with Gasteiger partial charge >= 0.3 is 5.97 Å². The van der Waals surface area contributed by atoms with Crippen LogP contribution < -0.4 is 4.72 Å². The predicted molar refractivity (Wildman–Crippen MR) is 108 cm³/mol. The number of rotatable bonds is 6. The third-order valence-corrected chi connectivity index (χ3v) is 7.08. The van der Waals surface area contributed by atoms with Gasteiger partial charge in [0.2, 0.25) is 0 Å². The predicted octanol–water partition coefficient (Wildman–Crippen LogP) is 4.81. The van der Waals surface area contributed by atoms with Crippen molar-refractivity contribution in [3.05, 3.63) is 33.3 Å². The molecule has 4 nitrogen and oxygen atoms in total. The highest BCUT2D eigenvalue weighted by Crippen LogP contribution is 2.39. The Morgan fingerprint density at radius 1 is 1.32 bits per heavy atom. The topological polar surface area (TPSA) is 61.4 Å². The lowest BCUT2D eigenvalue weighted by Gasteiger charge is -2.41. The summed E-state index contributed by atoms with van der Waals surface area (Å²) in [5.74, 6) is -0.930. The van der Waals surface area contributed by atoms with Crippen LogP contribution in [0.5, 0.6) is 0 Å². The summed E-state index contributed by atoms with van der Waals surface area (Å²) in [7, 11) is 1.37. The Bertz CT molecular complexity index is 621. The van der Waals surface area contributed by atoms with E-state index in [1.54, 1.807) is 6.07 Å². The molecule has 0 spiro atoms. The van der Waals surface area contributed by atoms with Gasteiger partial charge in [0, 0.05) is 15.8 Å². The molecule has 7 heteroatoms. The molecular weight excluding hydrogens is 426 g/mol. The summed E-state index contributed by atoms with van der Waals surface area (Å²) in [6, 6.07) is 5.49. The first-order valence-corrected chi connectivity index (χ1v) is 10.4. The molecule has 25 heavy (non-hydrogen) atoms. The first kappa shape index (κ1) is 22.8. The Hall–Kier alpha value is -0.270. The van der Waals surface area contributed by atoms with Crippen molar-refractivity contribution in [3.8, 4) is 0 Å². The maximum absolute atomic E-state index is 12.8. The molecular formula is C18H27BrClNO3S. The van der Waals surface area contributed by atoms with Crippen LogP contribution in [-0.4, -0.2) is 22.4 Å². The van der Waals surface area contributed by atoms with Crippen molar-refractivity contribution in [2.45, 2.75) is 51.8 Å². The van der Waals surface area contributed by atoms with Crippen LogP contribution in [0.25, 0.3) is 0 Å². The van der Waals surface area contributed by atoms with E-state index in [1.165, 1.54) is 7.11 Å². The SMILES string of the molecule is COC(=O)C(C(C)C)[C@@](C)(N[S@@+]([O-])C(C)(C)C)c1ccc(Br)c(Cl)c1. The molecule has 142 valence electrons. The Kier molecular flexibility index (Phi) is 7.84. The minimum absolute atomic E-state index is 0.0376. The van der Waals surface area contributed by atoms with Crippen LogP contribution in [-0.2, 0) is 26.4 Å². The van der Waals surface area contributed by atoms with E-state index in [-0.39, 0.29) is 11.9 Å². The summed E-state index contributed by atoms with van der Waals surface area (Å²) in [4.78, 5) is 12.6. The van der Waals surface area contributed by atoms with Crippen molar-refractivity contribution in [1.82, 2.24) is 4.72 Å². The summed E-state index contributed by atoms with van der Waals surface area (Å²) < 4.78 is 21.4. The molecule has 3 atom stereocenters. The third-order valence-electron chi connectivity index (χ3n) is 4.12. The zero-order chi connectivity index (χ0) is 19.6. The van der Waals surface area contributed by atoms with Gasteiger partial charge in [0.1, 0.15) is 4.75 Å². The van der Waals surface area contributed by atoms with Gasteiger partial charge in [-0.25, -0.2) is 0 Å². The minimum atomic E-state index is -1.39. The lowest BCUT2D eigenvalue weighted by atomic mass is 9.74. The van der Waals surface area contributed by atoms with E-state index in [0.29, 0.717) is 5.02 Å². The van der Waals surface area contributed by atoms with Crippen molar-refractivity contribution in [1.29, 1.82) is 0 Å². The summed E-state index contributed by atoms with van der Waals surface area (Å²) in [6.07, 6.45) is 0. The Morgan fingerprint density at radius 3 is 2.28 bits per heavy atom. The molecule has 1 aromatic rings. The quantitative estimate of drug-likeness (QED) is 0.497. The molecule has 0 aliphatic heterocycles. The van der Waals surface area contributed by atoms with Crippen molar-refractivity contribution in [2.24, 2.45) is 11.8 Å². The Morgan fingerprint density at radius 2 is 1.88 bits per heavy atom. The second-order valence-electron chi connectivity index (χ2n) is 7.56. The van der Waals surface area contributed by atoms with E-state index in [4.69, 9.17) is 16.3 Å². The highest BCUT2D eigenvalue weighted by Gasteiger charge is 2.48. The van der Waals surface area contributed by atoms with Crippen molar-refractivity contribution >= 4 is 44.9 Å². The molecule has 1 rings (SSSR count). The van der Waals surface area contributed by atoms with E-state index < -0.39 is 27.6 Å². The molecule has 0 amide bonds. The van der Waals surface area contributed by atoms with Crippen molar-refractivity contribution in [2.75, 3.05) is 7.11 Å². The van der Waals surface area contributed by atoms with Crippen molar-refractivity contribution in [3.63, 3.8) is 0 Å². The van der Waals surface area contributed by atoms with Gasteiger partial charge in [0.05, 0.1) is 23.6 Å². The van der Waals surface area contributed by atoms with Crippen LogP contribution in [0.4, 0.5) is 0 Å². The first-order valence-electron chi connectivity index (χ1n) is 8.07. The Balaban J connectivity index is 3.53. The highest BCUT2D eigenvalue weighted by molar-refractivity contribution is 9.10. The number of hydrogen-bond acceptors (Lipinski definition) is 4. The summed E-state index contributed by atoms with van der Waals surface area (Å²) in [5.41, 5.74) is -0.133. The van der Waals surface area contributed by atoms with E-state index in [0.717, 1.165) is 10.0 Å². The maximum Gasteiger partial charge on any atom is 0.311 e. The number of carbonyl (C=O) groups is 1. The van der Waals surface area contributed by atoms with E-state index in [2.05, 4.69) is 20.7 Å².